The second kappa shape index (κ2) is 10.8. The molecule has 0 radical (unpaired) electrons. The van der Waals surface area contributed by atoms with Crippen LogP contribution in [0.3, 0.4) is 0 Å². The molecule has 0 spiro atoms. The number of hydrogen-bond acceptors (Lipinski definition) is 5. The Kier molecular flexibility index (Phi) is 7.66. The van der Waals surface area contributed by atoms with E-state index in [1.165, 1.54) is 7.11 Å². The van der Waals surface area contributed by atoms with Crippen molar-refractivity contribution >= 4 is 40.6 Å². The minimum absolute atomic E-state index is 0.125. The number of halogens is 1. The zero-order chi connectivity index (χ0) is 22.9. The molecule has 0 bridgehead atoms. The van der Waals surface area contributed by atoms with Gasteiger partial charge in [-0.3, -0.25) is 9.59 Å². The van der Waals surface area contributed by atoms with Crippen molar-refractivity contribution in [2.75, 3.05) is 24.4 Å². The lowest BCUT2D eigenvalue weighted by Crippen LogP contribution is -2.19. The number of oxime groups is 1. The van der Waals surface area contributed by atoms with Crippen molar-refractivity contribution in [3.63, 3.8) is 0 Å². The van der Waals surface area contributed by atoms with E-state index in [2.05, 4.69) is 15.8 Å². The SMILES string of the molecule is COc1ccccc1NC(=O)c1ccc(NC(=O)CON=C(N)c2ccc(Cl)cc2)cc1. The molecule has 0 unspecified atom stereocenters. The van der Waals surface area contributed by atoms with E-state index in [4.69, 9.17) is 26.9 Å². The van der Waals surface area contributed by atoms with Gasteiger partial charge in [0.1, 0.15) is 5.75 Å². The summed E-state index contributed by atoms with van der Waals surface area (Å²) in [6.07, 6.45) is 0. The van der Waals surface area contributed by atoms with Crippen molar-refractivity contribution in [1.82, 2.24) is 0 Å². The predicted octanol–water partition coefficient (Wildman–Crippen LogP) is 3.88. The number of benzene rings is 3. The van der Waals surface area contributed by atoms with Crippen molar-refractivity contribution in [2.24, 2.45) is 10.9 Å². The molecule has 3 aromatic carbocycles. The molecule has 0 aliphatic heterocycles. The summed E-state index contributed by atoms with van der Waals surface area (Å²) in [6.45, 7) is -0.329. The number of nitrogens with one attached hydrogen (secondary N) is 2. The van der Waals surface area contributed by atoms with Crippen molar-refractivity contribution < 1.29 is 19.2 Å². The fourth-order valence-electron chi connectivity index (χ4n) is 2.68. The third kappa shape index (κ3) is 6.23. The summed E-state index contributed by atoms with van der Waals surface area (Å²) < 4.78 is 5.23. The topological polar surface area (TPSA) is 115 Å². The van der Waals surface area contributed by atoms with Gasteiger partial charge in [0.25, 0.3) is 11.8 Å². The van der Waals surface area contributed by atoms with E-state index < -0.39 is 5.91 Å². The van der Waals surface area contributed by atoms with Gasteiger partial charge < -0.3 is 25.9 Å². The summed E-state index contributed by atoms with van der Waals surface area (Å²) in [7, 11) is 1.53. The van der Waals surface area contributed by atoms with E-state index in [1.54, 1.807) is 66.7 Å². The van der Waals surface area contributed by atoms with Gasteiger partial charge in [-0.2, -0.15) is 0 Å². The van der Waals surface area contributed by atoms with E-state index in [0.29, 0.717) is 33.3 Å². The summed E-state index contributed by atoms with van der Waals surface area (Å²) in [5.41, 5.74) is 7.92. The first-order valence-corrected chi connectivity index (χ1v) is 9.89. The smallest absolute Gasteiger partial charge is 0.265 e. The number of rotatable bonds is 8. The van der Waals surface area contributed by atoms with E-state index in [0.717, 1.165) is 0 Å². The molecule has 0 saturated carbocycles. The maximum Gasteiger partial charge on any atom is 0.265 e. The second-order valence-corrected chi connectivity index (χ2v) is 6.97. The number of hydrogen-bond donors (Lipinski definition) is 3. The molecule has 3 aromatic rings. The van der Waals surface area contributed by atoms with Gasteiger partial charge in [-0.15, -0.1) is 0 Å². The van der Waals surface area contributed by atoms with Crippen molar-refractivity contribution in [3.05, 3.63) is 88.9 Å². The largest absolute Gasteiger partial charge is 0.495 e. The normalized spacial score (nSPS) is 10.9. The Hall–Kier alpha value is -4.04. The molecule has 32 heavy (non-hydrogen) atoms. The number of amidine groups is 1. The lowest BCUT2D eigenvalue weighted by molar-refractivity contribution is -0.120. The fraction of sp³-hybridized carbons (Fsp3) is 0.0870. The average molecular weight is 453 g/mol. The molecule has 0 saturated heterocycles. The van der Waals surface area contributed by atoms with Crippen molar-refractivity contribution in [2.45, 2.75) is 0 Å². The number of carbonyl (C=O) groups excluding carboxylic acids is 2. The van der Waals surface area contributed by atoms with Crippen LogP contribution in [0, 0.1) is 0 Å². The highest BCUT2D eigenvalue weighted by molar-refractivity contribution is 6.30. The highest BCUT2D eigenvalue weighted by Gasteiger charge is 2.10. The molecular formula is C23H21ClN4O4. The van der Waals surface area contributed by atoms with Crippen LogP contribution in [0.25, 0.3) is 0 Å². The lowest BCUT2D eigenvalue weighted by atomic mass is 10.2. The Morgan fingerprint density at radius 1 is 0.938 bits per heavy atom. The molecule has 9 heteroatoms. The van der Waals surface area contributed by atoms with E-state index >= 15 is 0 Å². The molecule has 0 aliphatic carbocycles. The molecular weight excluding hydrogens is 432 g/mol. The van der Waals surface area contributed by atoms with Crippen LogP contribution in [0.1, 0.15) is 15.9 Å². The Labute approximate surface area is 190 Å². The maximum atomic E-state index is 12.4. The molecule has 0 aliphatic rings. The minimum atomic E-state index is -0.427. The van der Waals surface area contributed by atoms with Gasteiger partial charge in [0, 0.05) is 21.8 Å². The molecule has 0 atom stereocenters. The maximum absolute atomic E-state index is 12.4. The lowest BCUT2D eigenvalue weighted by Gasteiger charge is -2.10. The van der Waals surface area contributed by atoms with Gasteiger partial charge in [-0.05, 0) is 60.7 Å². The number of nitrogens with zero attached hydrogens (tertiary/aromatic N) is 1. The first kappa shape index (κ1) is 22.6. The molecule has 8 nitrogen and oxygen atoms in total. The van der Waals surface area contributed by atoms with Crippen LogP contribution in [0.2, 0.25) is 5.02 Å². The molecule has 4 N–H and O–H groups in total. The first-order valence-electron chi connectivity index (χ1n) is 9.52. The molecule has 164 valence electrons. The zero-order valence-electron chi connectivity index (χ0n) is 17.2. The van der Waals surface area contributed by atoms with E-state index in [-0.39, 0.29) is 18.3 Å². The molecule has 0 heterocycles. The van der Waals surface area contributed by atoms with Gasteiger partial charge in [0.05, 0.1) is 12.8 Å². The van der Waals surface area contributed by atoms with E-state index in [1.807, 2.05) is 6.07 Å². The van der Waals surface area contributed by atoms with Crippen LogP contribution in [-0.2, 0) is 9.63 Å². The van der Waals surface area contributed by atoms with Gasteiger partial charge in [-0.1, -0.05) is 28.9 Å². The number of carbonyl (C=O) groups is 2. The number of para-hydroxylation sites is 2. The second-order valence-electron chi connectivity index (χ2n) is 6.54. The number of anilines is 2. The molecule has 0 fully saturated rings. The summed E-state index contributed by atoms with van der Waals surface area (Å²) in [4.78, 5) is 29.5. The standard InChI is InChI=1S/C23H21ClN4O4/c1-31-20-5-3-2-4-19(20)27-23(30)16-8-12-18(13-9-16)26-21(29)14-32-28-22(25)15-6-10-17(24)11-7-15/h2-13H,14H2,1H3,(H2,25,28)(H,26,29)(H,27,30). The Morgan fingerprint density at radius 2 is 1.59 bits per heavy atom. The van der Waals surface area contributed by atoms with Gasteiger partial charge in [-0.25, -0.2) is 0 Å². The van der Waals surface area contributed by atoms with Crippen LogP contribution >= 0.6 is 11.6 Å². The first-order chi connectivity index (χ1) is 15.5. The highest BCUT2D eigenvalue weighted by Crippen LogP contribution is 2.23. The van der Waals surface area contributed by atoms with Crippen LogP contribution in [-0.4, -0.2) is 31.4 Å². The Bertz CT molecular complexity index is 1120. The van der Waals surface area contributed by atoms with Crippen molar-refractivity contribution in [1.29, 1.82) is 0 Å². The zero-order valence-corrected chi connectivity index (χ0v) is 17.9. The third-order valence-corrected chi connectivity index (χ3v) is 4.54. The summed E-state index contributed by atoms with van der Waals surface area (Å²) in [6, 6.07) is 20.2. The Morgan fingerprint density at radius 3 is 2.28 bits per heavy atom. The number of ether oxygens (including phenoxy) is 1. The molecule has 3 rings (SSSR count). The van der Waals surface area contributed by atoms with Crippen molar-refractivity contribution in [3.8, 4) is 5.75 Å². The van der Waals surface area contributed by atoms with Gasteiger partial charge in [0.2, 0.25) is 0 Å². The predicted molar refractivity (Wildman–Crippen MR) is 124 cm³/mol. The fourth-order valence-corrected chi connectivity index (χ4v) is 2.80. The highest BCUT2D eigenvalue weighted by atomic mass is 35.5. The summed E-state index contributed by atoms with van der Waals surface area (Å²) in [5, 5.41) is 9.74. The number of amides is 2. The van der Waals surface area contributed by atoms with E-state index in [9.17, 15) is 9.59 Å². The molecule has 2 amide bonds. The average Bonchev–Trinajstić information content (AvgIpc) is 2.80. The number of nitrogens with two attached hydrogens (primary N) is 1. The third-order valence-electron chi connectivity index (χ3n) is 4.28. The van der Waals surface area contributed by atoms with Crippen LogP contribution in [0.4, 0.5) is 11.4 Å². The Balaban J connectivity index is 1.51. The van der Waals surface area contributed by atoms with Crippen LogP contribution < -0.4 is 21.1 Å². The van der Waals surface area contributed by atoms with Crippen LogP contribution in [0.5, 0.6) is 5.75 Å². The monoisotopic (exact) mass is 452 g/mol. The summed E-state index contributed by atoms with van der Waals surface area (Å²) in [5.74, 6) is -0.0458. The summed E-state index contributed by atoms with van der Waals surface area (Å²) >= 11 is 5.82. The van der Waals surface area contributed by atoms with Crippen LogP contribution in [0.15, 0.2) is 78.0 Å². The van der Waals surface area contributed by atoms with Gasteiger partial charge >= 0.3 is 0 Å². The number of methoxy groups -OCH3 is 1. The molecule has 0 aromatic heterocycles. The van der Waals surface area contributed by atoms with Gasteiger partial charge in [0.15, 0.2) is 12.4 Å². The minimum Gasteiger partial charge on any atom is -0.495 e. The quantitative estimate of drug-likeness (QED) is 0.272.